The number of nitrogens with two attached hydrogens (primary N) is 1. The molecule has 2 aromatic heterocycles. The largest absolute Gasteiger partial charge is 0.340 e. The van der Waals surface area contributed by atoms with Crippen LogP contribution in [0.3, 0.4) is 0 Å². The van der Waals surface area contributed by atoms with Gasteiger partial charge in [-0.3, -0.25) is 0 Å². The van der Waals surface area contributed by atoms with E-state index in [9.17, 15) is 0 Å². The summed E-state index contributed by atoms with van der Waals surface area (Å²) < 4.78 is 1.77. The van der Waals surface area contributed by atoms with Crippen molar-refractivity contribution in [1.29, 1.82) is 0 Å². The van der Waals surface area contributed by atoms with E-state index in [2.05, 4.69) is 27.2 Å². The van der Waals surface area contributed by atoms with Crippen molar-refractivity contribution in [2.24, 2.45) is 5.73 Å². The van der Waals surface area contributed by atoms with Crippen LogP contribution < -0.4 is 5.73 Å². The summed E-state index contributed by atoms with van der Waals surface area (Å²) in [6.45, 7) is 2.68. The molecule has 2 heterocycles. The van der Waals surface area contributed by atoms with Gasteiger partial charge in [0.25, 0.3) is 0 Å². The predicted octanol–water partition coefficient (Wildman–Crippen LogP) is 2.00. The molecule has 0 saturated carbocycles. The average molecular weight is 270 g/mol. The van der Waals surface area contributed by atoms with Crippen LogP contribution in [0.5, 0.6) is 0 Å². The lowest BCUT2D eigenvalue weighted by Gasteiger charge is -2.04. The molecule has 0 amide bonds. The molecule has 0 saturated heterocycles. The van der Waals surface area contributed by atoms with E-state index in [1.807, 2.05) is 30.5 Å². The van der Waals surface area contributed by atoms with E-state index < -0.39 is 0 Å². The quantitative estimate of drug-likeness (QED) is 0.742. The lowest BCUT2D eigenvalue weighted by atomic mass is 10.1. The molecule has 0 spiro atoms. The van der Waals surface area contributed by atoms with Crippen molar-refractivity contribution in [3.8, 4) is 0 Å². The van der Waals surface area contributed by atoms with E-state index in [0.29, 0.717) is 6.54 Å². The van der Waals surface area contributed by atoms with Gasteiger partial charge in [0.15, 0.2) is 0 Å². The monoisotopic (exact) mass is 270 g/mol. The van der Waals surface area contributed by atoms with Crippen LogP contribution in [0.2, 0.25) is 0 Å². The molecule has 0 aliphatic carbocycles. The molecule has 0 aliphatic rings. The lowest BCUT2D eigenvalue weighted by molar-refractivity contribution is 0.615. The molecule has 0 bridgehead atoms. The van der Waals surface area contributed by atoms with Gasteiger partial charge in [-0.2, -0.15) is 0 Å². The maximum absolute atomic E-state index is 6.03. The number of aromatic amines is 1. The number of nitrogens with zero attached hydrogens (tertiary/aromatic N) is 4. The van der Waals surface area contributed by atoms with E-state index >= 15 is 0 Å². The van der Waals surface area contributed by atoms with Gasteiger partial charge in [0.2, 0.25) is 0 Å². The maximum Gasteiger partial charge on any atom is 0.129 e. The van der Waals surface area contributed by atoms with Crippen molar-refractivity contribution in [3.05, 3.63) is 42.0 Å². The highest BCUT2D eigenvalue weighted by atomic mass is 15.4. The van der Waals surface area contributed by atoms with Crippen LogP contribution in [0.25, 0.3) is 11.0 Å². The van der Waals surface area contributed by atoms with Crippen molar-refractivity contribution in [1.82, 2.24) is 25.0 Å². The normalized spacial score (nSPS) is 12.9. The first-order valence-electron chi connectivity index (χ1n) is 6.85. The third-order valence-corrected chi connectivity index (χ3v) is 3.29. The van der Waals surface area contributed by atoms with E-state index in [1.165, 1.54) is 0 Å². The molecule has 0 radical (unpaired) electrons. The van der Waals surface area contributed by atoms with Crippen LogP contribution in [0.4, 0.5) is 0 Å². The molecule has 3 rings (SSSR count). The van der Waals surface area contributed by atoms with Gasteiger partial charge in [-0.1, -0.05) is 30.7 Å². The average Bonchev–Trinajstić information content (AvgIpc) is 3.05. The van der Waals surface area contributed by atoms with Gasteiger partial charge < -0.3 is 10.7 Å². The van der Waals surface area contributed by atoms with Crippen LogP contribution in [0.15, 0.2) is 30.5 Å². The van der Waals surface area contributed by atoms with E-state index in [-0.39, 0.29) is 6.04 Å². The Balaban J connectivity index is 1.77. The van der Waals surface area contributed by atoms with Gasteiger partial charge in [0, 0.05) is 0 Å². The molecule has 6 heteroatoms. The molecule has 1 atom stereocenters. The van der Waals surface area contributed by atoms with Gasteiger partial charge in [0.1, 0.15) is 12.4 Å². The molecule has 1 aromatic carbocycles. The SMILES string of the molecule is CCCC(N)c1cn(Cc2nc3ccccc3[nH]2)nn1. The Labute approximate surface area is 117 Å². The van der Waals surface area contributed by atoms with E-state index in [1.54, 1.807) is 4.68 Å². The van der Waals surface area contributed by atoms with Gasteiger partial charge >= 0.3 is 0 Å². The molecular formula is C14H18N6. The Kier molecular flexibility index (Phi) is 3.47. The number of nitrogens with one attached hydrogen (secondary N) is 1. The Bertz CT molecular complexity index is 665. The molecule has 1 unspecified atom stereocenters. The summed E-state index contributed by atoms with van der Waals surface area (Å²) in [6.07, 6.45) is 3.86. The standard InChI is InChI=1S/C14H18N6/c1-2-5-10(15)13-8-20(19-18-13)9-14-16-11-6-3-4-7-12(11)17-14/h3-4,6-8,10H,2,5,9,15H2,1H3,(H,16,17). The second-order valence-electron chi connectivity index (χ2n) is 4.94. The van der Waals surface area contributed by atoms with Crippen LogP contribution in [0, 0.1) is 0 Å². The van der Waals surface area contributed by atoms with Crippen molar-refractivity contribution in [2.45, 2.75) is 32.4 Å². The topological polar surface area (TPSA) is 85.4 Å². The van der Waals surface area contributed by atoms with E-state index in [0.717, 1.165) is 35.4 Å². The molecule has 104 valence electrons. The van der Waals surface area contributed by atoms with Crippen molar-refractivity contribution in [3.63, 3.8) is 0 Å². The summed E-state index contributed by atoms with van der Waals surface area (Å²) in [5.41, 5.74) is 8.87. The molecule has 3 N–H and O–H groups in total. The van der Waals surface area contributed by atoms with Crippen LogP contribution in [0.1, 0.15) is 37.3 Å². The number of fused-ring (bicyclic) bond motifs is 1. The Morgan fingerprint density at radius 3 is 3.00 bits per heavy atom. The van der Waals surface area contributed by atoms with Crippen LogP contribution in [-0.2, 0) is 6.54 Å². The zero-order valence-electron chi connectivity index (χ0n) is 11.5. The molecule has 0 fully saturated rings. The predicted molar refractivity (Wildman–Crippen MR) is 77.1 cm³/mol. The summed E-state index contributed by atoms with van der Waals surface area (Å²) in [6, 6.07) is 7.92. The minimum Gasteiger partial charge on any atom is -0.340 e. The van der Waals surface area contributed by atoms with Gasteiger partial charge in [-0.25, -0.2) is 9.67 Å². The highest BCUT2D eigenvalue weighted by Crippen LogP contribution is 2.14. The highest BCUT2D eigenvalue weighted by Gasteiger charge is 2.10. The molecule has 20 heavy (non-hydrogen) atoms. The first-order valence-corrected chi connectivity index (χ1v) is 6.85. The summed E-state index contributed by atoms with van der Waals surface area (Å²) in [5.74, 6) is 0.867. The summed E-state index contributed by atoms with van der Waals surface area (Å²) in [5, 5.41) is 8.24. The first kappa shape index (κ1) is 12.8. The molecule has 0 aliphatic heterocycles. The second kappa shape index (κ2) is 5.42. The van der Waals surface area contributed by atoms with Gasteiger partial charge in [0.05, 0.1) is 29.0 Å². The first-order chi connectivity index (χ1) is 9.76. The minimum absolute atomic E-state index is 0.0376. The van der Waals surface area contributed by atoms with Crippen molar-refractivity contribution >= 4 is 11.0 Å². The highest BCUT2D eigenvalue weighted by molar-refractivity contribution is 5.74. The maximum atomic E-state index is 6.03. The zero-order chi connectivity index (χ0) is 13.9. The number of hydrogen-bond acceptors (Lipinski definition) is 4. The Hall–Kier alpha value is -2.21. The number of imidazole rings is 1. The molecular weight excluding hydrogens is 252 g/mol. The molecule has 3 aromatic rings. The Morgan fingerprint density at radius 2 is 2.20 bits per heavy atom. The number of H-pyrrole nitrogens is 1. The lowest BCUT2D eigenvalue weighted by Crippen LogP contribution is -2.10. The van der Waals surface area contributed by atoms with Crippen LogP contribution >= 0.6 is 0 Å². The summed E-state index contributed by atoms with van der Waals surface area (Å²) >= 11 is 0. The third-order valence-electron chi connectivity index (χ3n) is 3.29. The number of rotatable bonds is 5. The number of benzene rings is 1. The van der Waals surface area contributed by atoms with Crippen LogP contribution in [-0.4, -0.2) is 25.0 Å². The fourth-order valence-electron chi connectivity index (χ4n) is 2.25. The number of aromatic nitrogens is 5. The third kappa shape index (κ3) is 2.55. The van der Waals surface area contributed by atoms with Gasteiger partial charge in [-0.05, 0) is 18.6 Å². The second-order valence-corrected chi connectivity index (χ2v) is 4.94. The van der Waals surface area contributed by atoms with Crippen molar-refractivity contribution in [2.75, 3.05) is 0 Å². The molecule has 6 nitrogen and oxygen atoms in total. The summed E-state index contributed by atoms with van der Waals surface area (Å²) in [7, 11) is 0. The summed E-state index contributed by atoms with van der Waals surface area (Å²) in [4.78, 5) is 7.80. The minimum atomic E-state index is -0.0376. The number of hydrogen-bond donors (Lipinski definition) is 2. The Morgan fingerprint density at radius 1 is 1.35 bits per heavy atom. The van der Waals surface area contributed by atoms with E-state index in [4.69, 9.17) is 5.73 Å². The fraction of sp³-hybridized carbons (Fsp3) is 0.357. The smallest absolute Gasteiger partial charge is 0.129 e. The zero-order valence-corrected chi connectivity index (χ0v) is 11.5. The van der Waals surface area contributed by atoms with Gasteiger partial charge in [-0.15, -0.1) is 5.10 Å². The van der Waals surface area contributed by atoms with Crippen molar-refractivity contribution < 1.29 is 0 Å². The number of para-hydroxylation sites is 2. The fourth-order valence-corrected chi connectivity index (χ4v) is 2.25.